The minimum atomic E-state index is -0.909. The number of carboxylic acid groups (broad SMARTS) is 1. The van der Waals surface area contributed by atoms with E-state index in [2.05, 4.69) is 9.98 Å². The number of phenolic OH excluding ortho intramolecular Hbond substituents is 1. The van der Waals surface area contributed by atoms with Crippen molar-refractivity contribution in [1.82, 2.24) is 4.98 Å². The van der Waals surface area contributed by atoms with Crippen LogP contribution in [-0.2, 0) is 11.2 Å². The summed E-state index contributed by atoms with van der Waals surface area (Å²) in [6, 6.07) is 4.33. The summed E-state index contributed by atoms with van der Waals surface area (Å²) in [6.07, 6.45) is 0.382. The molecule has 18 heavy (non-hydrogen) atoms. The lowest BCUT2D eigenvalue weighted by Gasteiger charge is -2.16. The van der Waals surface area contributed by atoms with E-state index in [0.717, 1.165) is 22.2 Å². The number of aliphatic imine (C=N–C) groups is 1. The molecule has 3 rings (SSSR count). The van der Waals surface area contributed by atoms with E-state index in [4.69, 9.17) is 5.11 Å². The Labute approximate surface area is 103 Å². The van der Waals surface area contributed by atoms with Crippen LogP contribution in [0.2, 0.25) is 0 Å². The van der Waals surface area contributed by atoms with Gasteiger partial charge in [0, 0.05) is 23.4 Å². The molecule has 0 spiro atoms. The molecule has 1 atom stereocenters. The standard InChI is InChI=1S/C13H12N2O3/c1-6-12-9(5-11(14-6)13(17)18)8-3-2-7(16)4-10(8)15-12/h2-4,11,15-16H,5H2,1H3,(H,17,18)/t11-/m0/s1. The molecule has 0 bridgehead atoms. The summed E-state index contributed by atoms with van der Waals surface area (Å²) in [7, 11) is 0. The molecule has 0 saturated heterocycles. The highest BCUT2D eigenvalue weighted by atomic mass is 16.4. The van der Waals surface area contributed by atoms with Crippen molar-refractivity contribution >= 4 is 22.6 Å². The summed E-state index contributed by atoms with van der Waals surface area (Å²) < 4.78 is 0. The summed E-state index contributed by atoms with van der Waals surface area (Å²) in [6.45, 7) is 1.79. The van der Waals surface area contributed by atoms with Gasteiger partial charge in [-0.2, -0.15) is 0 Å². The predicted octanol–water partition coefficient (Wildman–Crippen LogP) is 1.69. The van der Waals surface area contributed by atoms with Crippen LogP contribution < -0.4 is 0 Å². The van der Waals surface area contributed by atoms with Crippen molar-refractivity contribution < 1.29 is 15.0 Å². The number of benzene rings is 1. The number of nitrogens with zero attached hydrogens (tertiary/aromatic N) is 1. The molecular formula is C13H12N2O3. The number of nitrogens with one attached hydrogen (secondary N) is 1. The number of rotatable bonds is 1. The van der Waals surface area contributed by atoms with Gasteiger partial charge in [-0.15, -0.1) is 0 Å². The Morgan fingerprint density at radius 3 is 3.00 bits per heavy atom. The second kappa shape index (κ2) is 3.60. The molecular weight excluding hydrogens is 232 g/mol. The maximum atomic E-state index is 11.1. The molecule has 1 aliphatic rings. The summed E-state index contributed by atoms with van der Waals surface area (Å²) in [5.74, 6) is -0.724. The highest BCUT2D eigenvalue weighted by Gasteiger charge is 2.27. The third-order valence-electron chi connectivity index (χ3n) is 3.28. The van der Waals surface area contributed by atoms with E-state index in [0.29, 0.717) is 12.1 Å². The Kier molecular flexibility index (Phi) is 2.16. The smallest absolute Gasteiger partial charge is 0.328 e. The zero-order chi connectivity index (χ0) is 12.9. The quantitative estimate of drug-likeness (QED) is 0.713. The first-order valence-electron chi connectivity index (χ1n) is 5.67. The summed E-state index contributed by atoms with van der Waals surface area (Å²) in [5.41, 5.74) is 3.33. The normalized spacial score (nSPS) is 18.5. The molecule has 0 unspecified atom stereocenters. The number of aromatic hydroxyl groups is 1. The Morgan fingerprint density at radius 2 is 2.28 bits per heavy atom. The topological polar surface area (TPSA) is 85.7 Å². The van der Waals surface area contributed by atoms with Crippen LogP contribution in [0.25, 0.3) is 10.9 Å². The Morgan fingerprint density at radius 1 is 1.50 bits per heavy atom. The van der Waals surface area contributed by atoms with E-state index in [9.17, 15) is 9.90 Å². The molecule has 0 amide bonds. The van der Waals surface area contributed by atoms with E-state index in [1.807, 2.05) is 0 Å². The van der Waals surface area contributed by atoms with Crippen molar-refractivity contribution in [2.75, 3.05) is 0 Å². The van der Waals surface area contributed by atoms with Crippen molar-refractivity contribution in [1.29, 1.82) is 0 Å². The Balaban J connectivity index is 2.22. The SMILES string of the molecule is CC1=N[C@H](C(=O)O)Cc2c1[nH]c1cc(O)ccc21. The fourth-order valence-electron chi connectivity index (χ4n) is 2.44. The number of aliphatic carboxylic acids is 1. The molecule has 0 radical (unpaired) electrons. The fraction of sp³-hybridized carbons (Fsp3) is 0.231. The summed E-state index contributed by atoms with van der Waals surface area (Å²) >= 11 is 0. The van der Waals surface area contributed by atoms with Crippen LogP contribution in [-0.4, -0.2) is 32.9 Å². The van der Waals surface area contributed by atoms with Crippen LogP contribution in [0.4, 0.5) is 0 Å². The van der Waals surface area contributed by atoms with Crippen LogP contribution in [0.1, 0.15) is 18.2 Å². The van der Waals surface area contributed by atoms with Crippen LogP contribution in [0.3, 0.4) is 0 Å². The van der Waals surface area contributed by atoms with Gasteiger partial charge >= 0.3 is 5.97 Å². The molecule has 2 heterocycles. The third kappa shape index (κ3) is 1.48. The minimum Gasteiger partial charge on any atom is -0.508 e. The number of aromatic nitrogens is 1. The molecule has 0 aliphatic carbocycles. The number of aromatic amines is 1. The lowest BCUT2D eigenvalue weighted by Crippen LogP contribution is -2.26. The third-order valence-corrected chi connectivity index (χ3v) is 3.28. The second-order valence-electron chi connectivity index (χ2n) is 4.48. The average molecular weight is 244 g/mol. The zero-order valence-electron chi connectivity index (χ0n) is 9.77. The van der Waals surface area contributed by atoms with E-state index in [1.54, 1.807) is 25.1 Å². The van der Waals surface area contributed by atoms with Gasteiger partial charge in [0.15, 0.2) is 6.04 Å². The van der Waals surface area contributed by atoms with Crippen LogP contribution >= 0.6 is 0 Å². The van der Waals surface area contributed by atoms with Crippen LogP contribution in [0.5, 0.6) is 5.75 Å². The van der Waals surface area contributed by atoms with Crippen molar-refractivity contribution in [3.05, 3.63) is 29.5 Å². The van der Waals surface area contributed by atoms with E-state index >= 15 is 0 Å². The zero-order valence-corrected chi connectivity index (χ0v) is 9.77. The number of fused-ring (bicyclic) bond motifs is 3. The lowest BCUT2D eigenvalue weighted by molar-refractivity contribution is -0.138. The highest BCUT2D eigenvalue weighted by molar-refractivity contribution is 6.06. The maximum absolute atomic E-state index is 11.1. The first-order chi connectivity index (χ1) is 8.56. The molecule has 3 N–H and O–H groups in total. The maximum Gasteiger partial charge on any atom is 0.328 e. The summed E-state index contributed by atoms with van der Waals surface area (Å²) in [5, 5.41) is 19.5. The molecule has 5 nitrogen and oxygen atoms in total. The lowest BCUT2D eigenvalue weighted by atomic mass is 9.97. The predicted molar refractivity (Wildman–Crippen MR) is 67.3 cm³/mol. The van der Waals surface area contributed by atoms with Crippen LogP contribution in [0, 0.1) is 0 Å². The molecule has 92 valence electrons. The second-order valence-corrected chi connectivity index (χ2v) is 4.48. The van der Waals surface area contributed by atoms with Crippen molar-refractivity contribution in [2.45, 2.75) is 19.4 Å². The van der Waals surface area contributed by atoms with Gasteiger partial charge in [0.2, 0.25) is 0 Å². The van der Waals surface area contributed by atoms with E-state index in [-0.39, 0.29) is 5.75 Å². The van der Waals surface area contributed by atoms with E-state index < -0.39 is 12.0 Å². The number of hydrogen-bond donors (Lipinski definition) is 3. The molecule has 1 aliphatic heterocycles. The molecule has 2 aromatic rings. The van der Waals surface area contributed by atoms with Gasteiger partial charge in [0.25, 0.3) is 0 Å². The monoisotopic (exact) mass is 244 g/mol. The Bertz CT molecular complexity index is 685. The van der Waals surface area contributed by atoms with Gasteiger partial charge in [-0.1, -0.05) is 0 Å². The number of H-pyrrole nitrogens is 1. The number of carboxylic acids is 1. The van der Waals surface area contributed by atoms with Crippen molar-refractivity contribution in [3.8, 4) is 5.75 Å². The molecule has 0 saturated carbocycles. The number of carbonyl (C=O) groups is 1. The van der Waals surface area contributed by atoms with Crippen molar-refractivity contribution in [2.24, 2.45) is 4.99 Å². The first kappa shape index (κ1) is 10.8. The Hall–Kier alpha value is -2.30. The van der Waals surface area contributed by atoms with Gasteiger partial charge in [-0.05, 0) is 24.6 Å². The molecule has 1 aromatic heterocycles. The average Bonchev–Trinajstić information content (AvgIpc) is 2.67. The molecule has 5 heteroatoms. The summed E-state index contributed by atoms with van der Waals surface area (Å²) in [4.78, 5) is 18.4. The number of hydrogen-bond acceptors (Lipinski definition) is 3. The van der Waals surface area contributed by atoms with Gasteiger partial charge < -0.3 is 15.2 Å². The molecule has 0 fully saturated rings. The minimum absolute atomic E-state index is 0.186. The van der Waals surface area contributed by atoms with Crippen molar-refractivity contribution in [3.63, 3.8) is 0 Å². The van der Waals surface area contributed by atoms with Gasteiger partial charge in [-0.25, -0.2) is 4.79 Å². The largest absolute Gasteiger partial charge is 0.508 e. The molecule has 1 aromatic carbocycles. The highest BCUT2D eigenvalue weighted by Crippen LogP contribution is 2.30. The fourth-order valence-corrected chi connectivity index (χ4v) is 2.44. The first-order valence-corrected chi connectivity index (χ1v) is 5.67. The van der Waals surface area contributed by atoms with E-state index in [1.165, 1.54) is 0 Å². The number of phenols is 1. The van der Waals surface area contributed by atoms with Gasteiger partial charge in [0.05, 0.1) is 11.4 Å². The van der Waals surface area contributed by atoms with Crippen LogP contribution in [0.15, 0.2) is 23.2 Å². The van der Waals surface area contributed by atoms with Gasteiger partial charge in [0.1, 0.15) is 5.75 Å². The van der Waals surface area contributed by atoms with Gasteiger partial charge in [-0.3, -0.25) is 4.99 Å².